The fourth-order valence-corrected chi connectivity index (χ4v) is 0. The van der Waals surface area contributed by atoms with Crippen LogP contribution >= 0.6 is 22.6 Å². The molecule has 0 aliphatic heterocycles. The van der Waals surface area contributed by atoms with E-state index in [4.69, 9.17) is 3.25 Å². The minimum absolute atomic E-state index is 0. The van der Waals surface area contributed by atoms with Crippen molar-refractivity contribution in [2.75, 3.05) is 4.93 Å². The number of halogens is 1. The second-order valence-electron chi connectivity index (χ2n) is 0. The average molecular weight is 374 g/mol. The summed E-state index contributed by atoms with van der Waals surface area (Å²) in [6, 6.07) is 0. The first kappa shape index (κ1) is 15.7. The van der Waals surface area contributed by atoms with E-state index in [2.05, 4.69) is 22.6 Å². The third kappa shape index (κ3) is 23.9. The van der Waals surface area contributed by atoms with Gasteiger partial charge in [0.25, 0.3) is 0 Å². The molecule has 0 atom stereocenters. The van der Waals surface area contributed by atoms with Crippen LogP contribution in [0.5, 0.6) is 0 Å². The maximum absolute atomic E-state index is 8.06. The zero-order valence-corrected chi connectivity index (χ0v) is 7.51. The van der Waals surface area contributed by atoms with Gasteiger partial charge in [-0.2, -0.15) is 0 Å². The second-order valence-corrected chi connectivity index (χ2v) is 0. The summed E-state index contributed by atoms with van der Waals surface area (Å²) < 4.78 is 8.06. The van der Waals surface area contributed by atoms with E-state index in [-0.39, 0.29) is 22.4 Å². The van der Waals surface area contributed by atoms with Crippen LogP contribution < -0.4 is 0 Å². The molecule has 0 saturated carbocycles. The van der Waals surface area contributed by atoms with Crippen molar-refractivity contribution in [2.45, 2.75) is 0 Å². The van der Waals surface area contributed by atoms with Crippen molar-refractivity contribution in [3.63, 3.8) is 0 Å². The van der Waals surface area contributed by atoms with E-state index in [0.717, 1.165) is 0 Å². The molecule has 0 unspecified atom stereocenters. The van der Waals surface area contributed by atoms with Crippen LogP contribution in [0, 0.1) is 0 Å². The van der Waals surface area contributed by atoms with Gasteiger partial charge in [0.05, 0.1) is 0 Å². The summed E-state index contributed by atoms with van der Waals surface area (Å²) in [6.45, 7) is 0. The molecular weight excluding hydrogens is 371 g/mol. The molecule has 1 radical (unpaired) electrons. The molecule has 1 nitrogen and oxygen atoms in total. The van der Waals surface area contributed by atoms with Crippen LogP contribution in [0.2, 0.25) is 0 Å². The molecule has 4 heteroatoms. The Morgan fingerprint density at radius 1 is 1.40 bits per heavy atom. The third-order valence-corrected chi connectivity index (χ3v) is 0. The summed E-state index contributed by atoms with van der Waals surface area (Å²) in [4.78, 5) is 1.97. The molecule has 0 aliphatic carbocycles. The Labute approximate surface area is 73.2 Å². The molecule has 0 rings (SSSR count). The quantitative estimate of drug-likeness (QED) is 0.351. The van der Waals surface area contributed by atoms with Gasteiger partial charge < -0.3 is 0 Å². The predicted octanol–water partition coefficient (Wildman–Crippen LogP) is 0.927. The molecule has 0 aromatic rings. The van der Waals surface area contributed by atoms with E-state index >= 15 is 0 Å². The van der Waals surface area contributed by atoms with Crippen molar-refractivity contribution in [3.05, 3.63) is 0 Å². The van der Waals surface area contributed by atoms with Crippen molar-refractivity contribution < 1.29 is 46.7 Å². The SMILES string of the molecule is CI.[Ag].[O]=[Ag]. The third-order valence-electron chi connectivity index (χ3n) is 0. The Hall–Kier alpha value is 2.01. The summed E-state index contributed by atoms with van der Waals surface area (Å²) in [5.74, 6) is 0. The molecule has 42 valence electrons. The van der Waals surface area contributed by atoms with Gasteiger partial charge in [-0.25, -0.2) is 0 Å². The number of rotatable bonds is 0. The second kappa shape index (κ2) is 37.3. The molecule has 0 fully saturated rings. The summed E-state index contributed by atoms with van der Waals surface area (Å²) in [5.41, 5.74) is 0. The van der Waals surface area contributed by atoms with Crippen LogP contribution in [0.1, 0.15) is 0 Å². The van der Waals surface area contributed by atoms with Crippen molar-refractivity contribution in [2.24, 2.45) is 0 Å². The zero-order chi connectivity index (χ0) is 4.00. The van der Waals surface area contributed by atoms with E-state index in [1.165, 1.54) is 0 Å². The van der Waals surface area contributed by atoms with Gasteiger partial charge >= 0.3 is 24.3 Å². The summed E-state index contributed by atoms with van der Waals surface area (Å²) in [5, 5.41) is 0. The topological polar surface area (TPSA) is 17.1 Å². The van der Waals surface area contributed by atoms with Gasteiger partial charge in [0.1, 0.15) is 0 Å². The van der Waals surface area contributed by atoms with Gasteiger partial charge in [0.15, 0.2) is 0 Å². The van der Waals surface area contributed by atoms with Crippen molar-refractivity contribution in [3.8, 4) is 0 Å². The minimum atomic E-state index is 0. The number of hydrogen-bond donors (Lipinski definition) is 0. The van der Waals surface area contributed by atoms with Crippen LogP contribution in [0.3, 0.4) is 0 Å². The van der Waals surface area contributed by atoms with Crippen LogP contribution in [0.15, 0.2) is 0 Å². The van der Waals surface area contributed by atoms with E-state index < -0.39 is 0 Å². The van der Waals surface area contributed by atoms with Crippen molar-refractivity contribution in [1.29, 1.82) is 0 Å². The van der Waals surface area contributed by atoms with Crippen LogP contribution in [0.4, 0.5) is 0 Å². The Kier molecular flexibility index (Phi) is 118. The predicted molar refractivity (Wildman–Crippen MR) is 20.6 cm³/mol. The zero-order valence-electron chi connectivity index (χ0n) is 2.39. The monoisotopic (exact) mass is 372 g/mol. The fraction of sp³-hybridized carbons (Fsp3) is 1.00. The van der Waals surface area contributed by atoms with E-state index in [1.54, 1.807) is 21.0 Å². The molecule has 0 N–H and O–H groups in total. The summed E-state index contributed by atoms with van der Waals surface area (Å²) in [7, 11) is 0. The van der Waals surface area contributed by atoms with Crippen molar-refractivity contribution >= 4 is 22.6 Å². The van der Waals surface area contributed by atoms with Gasteiger partial charge in [-0.15, -0.1) is 0 Å². The Morgan fingerprint density at radius 3 is 1.40 bits per heavy atom. The Morgan fingerprint density at radius 2 is 1.40 bits per heavy atom. The number of hydrogen-bond acceptors (Lipinski definition) is 1. The molecule has 0 bridgehead atoms. The van der Waals surface area contributed by atoms with E-state index in [1.807, 2.05) is 4.93 Å². The maximum atomic E-state index is 8.06. The Balaban J connectivity index is -0.0000000133. The van der Waals surface area contributed by atoms with Gasteiger partial charge in [-0.05, 0) is 4.93 Å². The average Bonchev–Trinajstić information content (AvgIpc) is 1.50. The molecule has 0 aromatic heterocycles. The van der Waals surface area contributed by atoms with Crippen LogP contribution in [-0.4, -0.2) is 4.93 Å². The number of alkyl halides is 1. The molecule has 0 aliphatic rings. The molecule has 0 spiro atoms. The van der Waals surface area contributed by atoms with Gasteiger partial charge in [-0.1, -0.05) is 22.6 Å². The van der Waals surface area contributed by atoms with Crippen LogP contribution in [0.25, 0.3) is 0 Å². The van der Waals surface area contributed by atoms with Gasteiger partial charge in [0, 0.05) is 22.4 Å². The fourth-order valence-electron chi connectivity index (χ4n) is 0. The van der Waals surface area contributed by atoms with Gasteiger partial charge in [-0.3, -0.25) is 0 Å². The standard InChI is InChI=1S/CH3I.2Ag.O/c1-2;;;/h1H3;;;. The first-order chi connectivity index (χ1) is 2.00. The van der Waals surface area contributed by atoms with Gasteiger partial charge in [0.2, 0.25) is 0 Å². The molecular formula is CH3Ag2IO. The molecule has 5 heavy (non-hydrogen) atoms. The summed E-state index contributed by atoms with van der Waals surface area (Å²) >= 11 is 3.85. The summed E-state index contributed by atoms with van der Waals surface area (Å²) in [6.07, 6.45) is 0. The first-order valence-electron chi connectivity index (χ1n) is 0.501. The molecule has 0 aromatic carbocycles. The van der Waals surface area contributed by atoms with Crippen molar-refractivity contribution in [1.82, 2.24) is 0 Å². The normalized spacial score (nSPS) is 2.40. The first-order valence-corrected chi connectivity index (χ1v) is 3.26. The molecule has 0 amide bonds. The molecule has 0 heterocycles. The van der Waals surface area contributed by atoms with Crippen LogP contribution in [-0.2, 0) is 46.7 Å². The van der Waals surface area contributed by atoms with E-state index in [9.17, 15) is 0 Å². The molecule has 0 saturated heterocycles. The Bertz CT molecular complexity index is 9.61. The van der Waals surface area contributed by atoms with E-state index in [0.29, 0.717) is 0 Å².